The lowest BCUT2D eigenvalue weighted by Crippen LogP contribution is -2.52. The van der Waals surface area contributed by atoms with Gasteiger partial charge in [0.05, 0.1) is 6.61 Å². The smallest absolute Gasteiger partial charge is 0.0584 e. The maximum absolute atomic E-state index is 8.84. The van der Waals surface area contributed by atoms with Crippen molar-refractivity contribution in [3.8, 4) is 0 Å². The Morgan fingerprint density at radius 3 is 2.64 bits per heavy atom. The summed E-state index contributed by atoms with van der Waals surface area (Å²) in [6.07, 6.45) is 2.65. The second-order valence-corrected chi connectivity index (χ2v) is 3.64. The van der Waals surface area contributed by atoms with Crippen LogP contribution in [0.1, 0.15) is 26.7 Å². The summed E-state index contributed by atoms with van der Waals surface area (Å²) in [4.78, 5) is 2.35. The van der Waals surface area contributed by atoms with Gasteiger partial charge in [0.2, 0.25) is 0 Å². The minimum atomic E-state index is 0.304. The van der Waals surface area contributed by atoms with E-state index in [2.05, 4.69) is 18.7 Å². The summed E-state index contributed by atoms with van der Waals surface area (Å²) in [5, 5.41) is 8.84. The maximum atomic E-state index is 8.84. The van der Waals surface area contributed by atoms with Crippen molar-refractivity contribution in [3.63, 3.8) is 0 Å². The Morgan fingerprint density at radius 1 is 1.55 bits per heavy atom. The van der Waals surface area contributed by atoms with Gasteiger partial charge in [-0.1, -0.05) is 13.3 Å². The van der Waals surface area contributed by atoms with Crippen molar-refractivity contribution < 1.29 is 5.11 Å². The van der Waals surface area contributed by atoms with Crippen molar-refractivity contribution in [2.24, 2.45) is 5.92 Å². The molecule has 1 aliphatic rings. The van der Waals surface area contributed by atoms with Gasteiger partial charge in [0.25, 0.3) is 0 Å². The summed E-state index contributed by atoms with van der Waals surface area (Å²) in [5.74, 6) is 0.911. The van der Waals surface area contributed by atoms with Gasteiger partial charge in [-0.15, -0.1) is 0 Å². The SMILES string of the molecule is CCCC1CN([C@@H](C)CO)C1. The highest BCUT2D eigenvalue weighted by molar-refractivity contribution is 4.82. The van der Waals surface area contributed by atoms with Crippen LogP contribution < -0.4 is 0 Å². The molecule has 11 heavy (non-hydrogen) atoms. The Hall–Kier alpha value is -0.0800. The number of nitrogens with zero attached hydrogens (tertiary/aromatic N) is 1. The molecule has 0 aromatic heterocycles. The summed E-state index contributed by atoms with van der Waals surface area (Å²) >= 11 is 0. The van der Waals surface area contributed by atoms with Crippen LogP contribution in [0, 0.1) is 5.92 Å². The van der Waals surface area contributed by atoms with Gasteiger partial charge in [-0.3, -0.25) is 4.90 Å². The lowest BCUT2D eigenvalue weighted by molar-refractivity contribution is 0.0287. The first-order valence-electron chi connectivity index (χ1n) is 4.62. The van der Waals surface area contributed by atoms with E-state index in [0.29, 0.717) is 12.6 Å². The quantitative estimate of drug-likeness (QED) is 0.660. The molecule has 0 spiro atoms. The van der Waals surface area contributed by atoms with E-state index in [4.69, 9.17) is 5.11 Å². The van der Waals surface area contributed by atoms with E-state index in [0.717, 1.165) is 5.92 Å². The van der Waals surface area contributed by atoms with Crippen LogP contribution >= 0.6 is 0 Å². The Balaban J connectivity index is 2.08. The molecule has 0 unspecified atom stereocenters. The van der Waals surface area contributed by atoms with E-state index >= 15 is 0 Å². The number of likely N-dealkylation sites (tertiary alicyclic amines) is 1. The summed E-state index contributed by atoms with van der Waals surface area (Å²) in [7, 11) is 0. The predicted octanol–water partition coefficient (Wildman–Crippen LogP) is 1.10. The molecule has 2 heteroatoms. The van der Waals surface area contributed by atoms with Crippen molar-refractivity contribution in [1.82, 2.24) is 4.90 Å². The average molecular weight is 157 g/mol. The van der Waals surface area contributed by atoms with Crippen LogP contribution in [-0.4, -0.2) is 35.7 Å². The average Bonchev–Trinajstić information content (AvgIpc) is 1.94. The van der Waals surface area contributed by atoms with Gasteiger partial charge in [0, 0.05) is 19.1 Å². The van der Waals surface area contributed by atoms with Crippen LogP contribution in [0.15, 0.2) is 0 Å². The van der Waals surface area contributed by atoms with Crippen molar-refractivity contribution in [3.05, 3.63) is 0 Å². The van der Waals surface area contributed by atoms with Crippen LogP contribution in [0.25, 0.3) is 0 Å². The molecule has 0 aliphatic carbocycles. The minimum Gasteiger partial charge on any atom is -0.395 e. The molecule has 1 heterocycles. The molecule has 1 fully saturated rings. The highest BCUT2D eigenvalue weighted by atomic mass is 16.3. The largest absolute Gasteiger partial charge is 0.395 e. The van der Waals surface area contributed by atoms with Crippen molar-refractivity contribution in [1.29, 1.82) is 0 Å². The zero-order chi connectivity index (χ0) is 8.27. The second-order valence-electron chi connectivity index (χ2n) is 3.64. The van der Waals surface area contributed by atoms with E-state index < -0.39 is 0 Å². The Labute approximate surface area is 69.2 Å². The first-order valence-corrected chi connectivity index (χ1v) is 4.62. The van der Waals surface area contributed by atoms with E-state index in [9.17, 15) is 0 Å². The molecule has 1 N–H and O–H groups in total. The molecule has 1 saturated heterocycles. The Kier molecular flexibility index (Phi) is 3.34. The van der Waals surface area contributed by atoms with Gasteiger partial charge in [-0.2, -0.15) is 0 Å². The Morgan fingerprint density at radius 2 is 2.18 bits per heavy atom. The topological polar surface area (TPSA) is 23.5 Å². The maximum Gasteiger partial charge on any atom is 0.0584 e. The van der Waals surface area contributed by atoms with Gasteiger partial charge < -0.3 is 5.11 Å². The number of hydrogen-bond donors (Lipinski definition) is 1. The highest BCUT2D eigenvalue weighted by Gasteiger charge is 2.28. The number of aliphatic hydroxyl groups is 1. The summed E-state index contributed by atoms with van der Waals surface area (Å²) in [6, 6.07) is 0.378. The monoisotopic (exact) mass is 157 g/mol. The van der Waals surface area contributed by atoms with E-state index in [-0.39, 0.29) is 0 Å². The number of hydrogen-bond acceptors (Lipinski definition) is 2. The summed E-state index contributed by atoms with van der Waals surface area (Å²) < 4.78 is 0. The normalized spacial score (nSPS) is 23.2. The molecule has 0 saturated carbocycles. The van der Waals surface area contributed by atoms with Crippen LogP contribution in [0.4, 0.5) is 0 Å². The third-order valence-electron chi connectivity index (χ3n) is 2.57. The van der Waals surface area contributed by atoms with Gasteiger partial charge in [-0.05, 0) is 19.3 Å². The fourth-order valence-corrected chi connectivity index (χ4v) is 1.68. The van der Waals surface area contributed by atoms with Crippen LogP contribution in [-0.2, 0) is 0 Å². The fourth-order valence-electron chi connectivity index (χ4n) is 1.68. The molecule has 0 aromatic carbocycles. The fraction of sp³-hybridized carbons (Fsp3) is 1.00. The molecule has 1 atom stereocenters. The molecule has 66 valence electrons. The Bertz CT molecular complexity index is 110. The van der Waals surface area contributed by atoms with Crippen LogP contribution in [0.5, 0.6) is 0 Å². The molecule has 0 bridgehead atoms. The van der Waals surface area contributed by atoms with Gasteiger partial charge in [0.1, 0.15) is 0 Å². The predicted molar refractivity (Wildman–Crippen MR) is 46.5 cm³/mol. The molecule has 0 radical (unpaired) electrons. The summed E-state index contributed by atoms with van der Waals surface area (Å²) in [5.41, 5.74) is 0. The van der Waals surface area contributed by atoms with Gasteiger partial charge in [0.15, 0.2) is 0 Å². The van der Waals surface area contributed by atoms with Crippen molar-refractivity contribution >= 4 is 0 Å². The van der Waals surface area contributed by atoms with Crippen molar-refractivity contribution in [2.75, 3.05) is 19.7 Å². The van der Waals surface area contributed by atoms with Gasteiger partial charge >= 0.3 is 0 Å². The molecular weight excluding hydrogens is 138 g/mol. The molecule has 1 rings (SSSR count). The van der Waals surface area contributed by atoms with E-state index in [1.807, 2.05) is 0 Å². The standard InChI is InChI=1S/C9H19NO/c1-3-4-9-5-10(6-9)8(2)7-11/h8-9,11H,3-7H2,1-2H3/t8-/m0/s1. The lowest BCUT2D eigenvalue weighted by atomic mass is 9.93. The minimum absolute atomic E-state index is 0.304. The molecule has 0 aromatic rings. The molecular formula is C9H19NO. The number of aliphatic hydroxyl groups excluding tert-OH is 1. The highest BCUT2D eigenvalue weighted by Crippen LogP contribution is 2.22. The van der Waals surface area contributed by atoms with Crippen LogP contribution in [0.2, 0.25) is 0 Å². The molecule has 1 aliphatic heterocycles. The van der Waals surface area contributed by atoms with Gasteiger partial charge in [-0.25, -0.2) is 0 Å². The zero-order valence-corrected chi connectivity index (χ0v) is 7.58. The van der Waals surface area contributed by atoms with Crippen LogP contribution in [0.3, 0.4) is 0 Å². The van der Waals surface area contributed by atoms with E-state index in [1.165, 1.54) is 25.9 Å². The zero-order valence-electron chi connectivity index (χ0n) is 7.58. The molecule has 2 nitrogen and oxygen atoms in total. The second kappa shape index (κ2) is 4.07. The first kappa shape index (κ1) is 9.01. The lowest BCUT2D eigenvalue weighted by Gasteiger charge is -2.42. The third kappa shape index (κ3) is 2.17. The number of rotatable bonds is 4. The van der Waals surface area contributed by atoms with E-state index in [1.54, 1.807) is 0 Å². The van der Waals surface area contributed by atoms with Crippen molar-refractivity contribution in [2.45, 2.75) is 32.7 Å². The first-order chi connectivity index (χ1) is 5.27. The summed E-state index contributed by atoms with van der Waals surface area (Å²) in [6.45, 7) is 7.03. The third-order valence-corrected chi connectivity index (χ3v) is 2.57. The molecule has 0 amide bonds.